The van der Waals surface area contributed by atoms with Crippen LogP contribution >= 0.6 is 11.3 Å². The van der Waals surface area contributed by atoms with Crippen LogP contribution in [0.2, 0.25) is 0 Å². The number of ether oxygens (including phenoxy) is 1. The second-order valence-electron chi connectivity index (χ2n) is 8.77. The molecule has 0 unspecified atom stereocenters. The molecule has 5 nitrogen and oxygen atoms in total. The van der Waals surface area contributed by atoms with Gasteiger partial charge in [0.2, 0.25) is 11.8 Å². The Balaban J connectivity index is 1.79. The highest BCUT2D eigenvalue weighted by molar-refractivity contribution is 7.10. The molecule has 7 heteroatoms. The number of rotatable bonds is 9. The molecule has 0 radical (unpaired) electrons. The van der Waals surface area contributed by atoms with Crippen LogP contribution in [-0.2, 0) is 16.0 Å². The van der Waals surface area contributed by atoms with Gasteiger partial charge in [0, 0.05) is 23.9 Å². The predicted molar refractivity (Wildman–Crippen MR) is 125 cm³/mol. The molecule has 3 rings (SSSR count). The van der Waals surface area contributed by atoms with Crippen molar-refractivity contribution in [1.82, 2.24) is 9.80 Å². The highest BCUT2D eigenvalue weighted by atomic mass is 32.1. The Bertz CT molecular complexity index is 929. The number of benzene rings is 1. The van der Waals surface area contributed by atoms with E-state index in [1.54, 1.807) is 39.3 Å². The lowest BCUT2D eigenvalue weighted by Gasteiger charge is -2.38. The van der Waals surface area contributed by atoms with Gasteiger partial charge in [-0.2, -0.15) is 0 Å². The number of halogens is 1. The molecule has 1 aliphatic rings. The molecule has 2 atom stereocenters. The van der Waals surface area contributed by atoms with Gasteiger partial charge in [-0.05, 0) is 54.8 Å². The molecule has 2 amide bonds. The van der Waals surface area contributed by atoms with Gasteiger partial charge in [-0.15, -0.1) is 11.3 Å². The van der Waals surface area contributed by atoms with Crippen LogP contribution in [0.25, 0.3) is 0 Å². The Hall–Kier alpha value is -2.41. The summed E-state index contributed by atoms with van der Waals surface area (Å²) in [6.07, 6.45) is 1.98. The molecular weight excluding hydrogens is 427 g/mol. The molecular formula is C25H33FN2O3S. The van der Waals surface area contributed by atoms with Crippen LogP contribution in [0.3, 0.4) is 0 Å². The highest BCUT2D eigenvalue weighted by Crippen LogP contribution is 2.34. The normalized spacial score (nSPS) is 16.6. The second-order valence-corrected chi connectivity index (χ2v) is 9.77. The van der Waals surface area contributed by atoms with Gasteiger partial charge in [-0.1, -0.05) is 32.9 Å². The number of thiophene rings is 1. The van der Waals surface area contributed by atoms with Crippen molar-refractivity contribution in [2.75, 3.05) is 19.7 Å². The Labute approximate surface area is 194 Å². The average molecular weight is 461 g/mol. The molecule has 0 saturated heterocycles. The molecule has 2 aromatic rings. The summed E-state index contributed by atoms with van der Waals surface area (Å²) in [6, 6.07) is 7.99. The third kappa shape index (κ3) is 5.68. The summed E-state index contributed by atoms with van der Waals surface area (Å²) in [4.78, 5) is 31.0. The van der Waals surface area contributed by atoms with Crippen LogP contribution in [0.15, 0.2) is 35.7 Å². The number of fused-ring (bicyclic) bond motifs is 1. The molecule has 0 saturated carbocycles. The number of para-hydroxylation sites is 1. The third-order valence-electron chi connectivity index (χ3n) is 5.98. The molecule has 174 valence electrons. The Kier molecular flexibility index (Phi) is 8.29. The van der Waals surface area contributed by atoms with Crippen LogP contribution in [0.5, 0.6) is 5.75 Å². The fourth-order valence-corrected chi connectivity index (χ4v) is 4.95. The van der Waals surface area contributed by atoms with Gasteiger partial charge < -0.3 is 14.5 Å². The van der Waals surface area contributed by atoms with E-state index in [1.165, 1.54) is 10.9 Å². The van der Waals surface area contributed by atoms with Crippen molar-refractivity contribution in [3.05, 3.63) is 52.0 Å². The van der Waals surface area contributed by atoms with E-state index in [0.29, 0.717) is 13.0 Å². The van der Waals surface area contributed by atoms with Gasteiger partial charge >= 0.3 is 0 Å². The Morgan fingerprint density at radius 1 is 1.25 bits per heavy atom. The maximum Gasteiger partial charge on any atom is 0.242 e. The molecule has 2 heterocycles. The van der Waals surface area contributed by atoms with E-state index in [9.17, 15) is 14.0 Å². The fourth-order valence-electron chi connectivity index (χ4n) is 4.02. The number of carbonyl (C=O) groups excluding carboxylic acids is 2. The standard InChI is InChI=1S/C25H33FN2O3S/c1-5-18(4)28(24(29)14-17(2)3)15-25(30)27-12-10-23-19(11-13-32-23)21(27)16-31-22-9-7-6-8-20(22)26/h6-9,11,13,17-18,21H,5,10,12,14-16H2,1-4H3/t18-,21-/m0/s1. The van der Waals surface area contributed by atoms with E-state index in [-0.39, 0.29) is 48.7 Å². The zero-order valence-electron chi connectivity index (χ0n) is 19.3. The van der Waals surface area contributed by atoms with E-state index in [2.05, 4.69) is 0 Å². The molecule has 0 bridgehead atoms. The van der Waals surface area contributed by atoms with Gasteiger partial charge in [-0.25, -0.2) is 4.39 Å². The number of carbonyl (C=O) groups is 2. The molecule has 32 heavy (non-hydrogen) atoms. The zero-order valence-corrected chi connectivity index (χ0v) is 20.2. The van der Waals surface area contributed by atoms with Crippen molar-refractivity contribution in [2.24, 2.45) is 5.92 Å². The van der Waals surface area contributed by atoms with Crippen molar-refractivity contribution < 1.29 is 18.7 Å². The first-order valence-electron chi connectivity index (χ1n) is 11.3. The lowest BCUT2D eigenvalue weighted by atomic mass is 10.00. The van der Waals surface area contributed by atoms with Crippen LogP contribution in [-0.4, -0.2) is 47.4 Å². The van der Waals surface area contributed by atoms with Gasteiger partial charge in [0.15, 0.2) is 11.6 Å². The van der Waals surface area contributed by atoms with Crippen LogP contribution in [0.4, 0.5) is 4.39 Å². The van der Waals surface area contributed by atoms with Crippen LogP contribution < -0.4 is 4.74 Å². The van der Waals surface area contributed by atoms with E-state index in [1.807, 2.05) is 39.1 Å². The molecule has 0 spiro atoms. The van der Waals surface area contributed by atoms with Crippen molar-refractivity contribution in [1.29, 1.82) is 0 Å². The van der Waals surface area contributed by atoms with E-state index < -0.39 is 5.82 Å². The van der Waals surface area contributed by atoms with Crippen molar-refractivity contribution in [2.45, 2.75) is 59.0 Å². The quantitative estimate of drug-likeness (QED) is 0.525. The summed E-state index contributed by atoms with van der Waals surface area (Å²) in [5.41, 5.74) is 1.05. The number of hydrogen-bond donors (Lipinski definition) is 0. The van der Waals surface area contributed by atoms with Gasteiger partial charge in [0.05, 0.1) is 6.04 Å². The summed E-state index contributed by atoms with van der Waals surface area (Å²) in [6.45, 7) is 8.80. The summed E-state index contributed by atoms with van der Waals surface area (Å²) in [5, 5.41) is 2.02. The SMILES string of the molecule is CC[C@H](C)N(CC(=O)N1CCc2sccc2[C@@H]1COc1ccccc1F)C(=O)CC(C)C. The second kappa shape index (κ2) is 10.9. The van der Waals surface area contributed by atoms with E-state index >= 15 is 0 Å². The van der Waals surface area contributed by atoms with E-state index in [4.69, 9.17) is 4.74 Å². The third-order valence-corrected chi connectivity index (χ3v) is 6.98. The van der Waals surface area contributed by atoms with E-state index in [0.717, 1.165) is 18.4 Å². The maximum atomic E-state index is 14.1. The van der Waals surface area contributed by atoms with Crippen LogP contribution in [0.1, 0.15) is 57.0 Å². The first kappa shape index (κ1) is 24.2. The highest BCUT2D eigenvalue weighted by Gasteiger charge is 2.34. The minimum absolute atomic E-state index is 0.00934. The van der Waals surface area contributed by atoms with Crippen LogP contribution in [0, 0.1) is 11.7 Å². The summed E-state index contributed by atoms with van der Waals surface area (Å²) < 4.78 is 19.9. The van der Waals surface area contributed by atoms with Gasteiger partial charge in [-0.3, -0.25) is 9.59 Å². The predicted octanol–water partition coefficient (Wildman–Crippen LogP) is 5.07. The maximum absolute atomic E-state index is 14.1. The Morgan fingerprint density at radius 2 is 2.00 bits per heavy atom. The number of amides is 2. The fraction of sp³-hybridized carbons (Fsp3) is 0.520. The average Bonchev–Trinajstić information content (AvgIpc) is 3.24. The van der Waals surface area contributed by atoms with Gasteiger partial charge in [0.1, 0.15) is 13.2 Å². The van der Waals surface area contributed by atoms with Gasteiger partial charge in [0.25, 0.3) is 0 Å². The molecule has 0 aliphatic carbocycles. The summed E-state index contributed by atoms with van der Waals surface area (Å²) >= 11 is 1.67. The molecule has 1 aliphatic heterocycles. The molecule has 1 aromatic heterocycles. The lowest BCUT2D eigenvalue weighted by molar-refractivity contribution is -0.144. The summed E-state index contributed by atoms with van der Waals surface area (Å²) in [5.74, 6) is -0.101. The lowest BCUT2D eigenvalue weighted by Crippen LogP contribution is -2.50. The molecule has 1 aromatic carbocycles. The minimum atomic E-state index is -0.422. The van der Waals surface area contributed by atoms with Crippen molar-refractivity contribution in [3.8, 4) is 5.75 Å². The topological polar surface area (TPSA) is 49.9 Å². The molecule has 0 N–H and O–H groups in total. The zero-order chi connectivity index (χ0) is 23.3. The first-order valence-corrected chi connectivity index (χ1v) is 12.2. The largest absolute Gasteiger partial charge is 0.488 e. The van der Waals surface area contributed by atoms with Crippen molar-refractivity contribution in [3.63, 3.8) is 0 Å². The smallest absolute Gasteiger partial charge is 0.242 e. The van der Waals surface area contributed by atoms with Crippen molar-refractivity contribution >= 4 is 23.2 Å². The first-order chi connectivity index (χ1) is 15.3. The summed E-state index contributed by atoms with van der Waals surface area (Å²) in [7, 11) is 0. The monoisotopic (exact) mass is 460 g/mol. The molecule has 0 fully saturated rings. The number of hydrogen-bond acceptors (Lipinski definition) is 4. The minimum Gasteiger partial charge on any atom is -0.488 e. The Morgan fingerprint density at radius 3 is 2.69 bits per heavy atom. The number of nitrogens with zero attached hydrogens (tertiary/aromatic N) is 2.